The number of carbonyl (C=O) groups is 1. The van der Waals surface area contributed by atoms with Crippen LogP contribution >= 0.6 is 0 Å². The van der Waals surface area contributed by atoms with E-state index in [0.717, 1.165) is 19.4 Å². The summed E-state index contributed by atoms with van der Waals surface area (Å²) < 4.78 is 10.2. The fraction of sp³-hybridized carbons (Fsp3) is 0.769. The van der Waals surface area contributed by atoms with Crippen molar-refractivity contribution in [2.45, 2.75) is 25.3 Å². The van der Waals surface area contributed by atoms with E-state index in [0.29, 0.717) is 24.8 Å². The largest absolute Gasteiger partial charge is 0.375 e. The van der Waals surface area contributed by atoms with Crippen LogP contribution in [0.3, 0.4) is 0 Å². The van der Waals surface area contributed by atoms with Crippen molar-refractivity contribution in [2.75, 3.05) is 40.9 Å². The zero-order chi connectivity index (χ0) is 14.5. The van der Waals surface area contributed by atoms with Crippen LogP contribution in [0.25, 0.3) is 0 Å². The van der Waals surface area contributed by atoms with Crippen LogP contribution in [-0.4, -0.2) is 66.7 Å². The third-order valence-electron chi connectivity index (χ3n) is 3.33. The minimum atomic E-state index is 0.0187. The number of hydrogen-bond donors (Lipinski definition) is 0. The summed E-state index contributed by atoms with van der Waals surface area (Å²) in [5.74, 6) is 1.47. The lowest BCUT2D eigenvalue weighted by molar-refractivity contribution is -0.136. The van der Waals surface area contributed by atoms with Gasteiger partial charge in [0.15, 0.2) is 5.82 Å². The lowest BCUT2D eigenvalue weighted by Gasteiger charge is -2.30. The van der Waals surface area contributed by atoms with Gasteiger partial charge in [-0.3, -0.25) is 4.79 Å². The highest BCUT2D eigenvalue weighted by Gasteiger charge is 2.28. The van der Waals surface area contributed by atoms with E-state index in [1.807, 2.05) is 23.9 Å². The number of ether oxygens (including phenoxy) is 1. The smallest absolute Gasteiger partial charge is 0.248 e. The highest BCUT2D eigenvalue weighted by Crippen LogP contribution is 2.25. The van der Waals surface area contributed by atoms with Crippen molar-refractivity contribution in [1.29, 1.82) is 0 Å². The number of rotatable bonds is 5. The Hall–Kier alpha value is -1.47. The molecule has 2 rings (SSSR count). The van der Waals surface area contributed by atoms with Gasteiger partial charge in [0.1, 0.15) is 6.61 Å². The van der Waals surface area contributed by atoms with Gasteiger partial charge >= 0.3 is 0 Å². The van der Waals surface area contributed by atoms with E-state index in [1.165, 1.54) is 7.11 Å². The van der Waals surface area contributed by atoms with Crippen LogP contribution in [0.4, 0.5) is 0 Å². The molecule has 1 unspecified atom stereocenters. The Balaban J connectivity index is 1.98. The second-order valence-electron chi connectivity index (χ2n) is 5.40. The Morgan fingerprint density at radius 2 is 2.35 bits per heavy atom. The van der Waals surface area contributed by atoms with Crippen LogP contribution in [-0.2, 0) is 16.1 Å². The molecule has 0 bridgehead atoms. The SMILES string of the molecule is COCC(=O)N1CCCC(c2nc(CN(C)C)no2)C1. The van der Waals surface area contributed by atoms with Gasteiger partial charge in [0.25, 0.3) is 0 Å². The van der Waals surface area contributed by atoms with Gasteiger partial charge in [-0.2, -0.15) is 4.98 Å². The van der Waals surface area contributed by atoms with Crippen molar-refractivity contribution in [3.05, 3.63) is 11.7 Å². The molecule has 0 saturated carbocycles. The van der Waals surface area contributed by atoms with Gasteiger partial charge < -0.3 is 19.1 Å². The summed E-state index contributed by atoms with van der Waals surface area (Å²) >= 11 is 0. The molecule has 1 amide bonds. The lowest BCUT2D eigenvalue weighted by atomic mass is 9.98. The van der Waals surface area contributed by atoms with Crippen LogP contribution in [0.5, 0.6) is 0 Å². The molecular weight excluding hydrogens is 260 g/mol. The normalized spacial score (nSPS) is 19.6. The molecule has 0 aliphatic carbocycles. The van der Waals surface area contributed by atoms with E-state index in [2.05, 4.69) is 10.1 Å². The molecule has 0 aromatic carbocycles. The maximum atomic E-state index is 11.9. The molecule has 2 heterocycles. The number of piperidine rings is 1. The third kappa shape index (κ3) is 3.77. The number of carbonyl (C=O) groups excluding carboxylic acids is 1. The summed E-state index contributed by atoms with van der Waals surface area (Å²) in [6.07, 6.45) is 1.92. The molecule has 0 N–H and O–H groups in total. The fourth-order valence-corrected chi connectivity index (χ4v) is 2.40. The fourth-order valence-electron chi connectivity index (χ4n) is 2.40. The zero-order valence-electron chi connectivity index (χ0n) is 12.3. The van der Waals surface area contributed by atoms with E-state index in [9.17, 15) is 4.79 Å². The van der Waals surface area contributed by atoms with Crippen molar-refractivity contribution < 1.29 is 14.1 Å². The number of amides is 1. The van der Waals surface area contributed by atoms with Crippen LogP contribution < -0.4 is 0 Å². The van der Waals surface area contributed by atoms with Crippen LogP contribution in [0.2, 0.25) is 0 Å². The summed E-state index contributed by atoms with van der Waals surface area (Å²) in [4.78, 5) is 20.1. The number of hydrogen-bond acceptors (Lipinski definition) is 6. The summed E-state index contributed by atoms with van der Waals surface area (Å²) in [6, 6.07) is 0. The summed E-state index contributed by atoms with van der Waals surface area (Å²) in [7, 11) is 5.45. The Morgan fingerprint density at radius 3 is 3.05 bits per heavy atom. The Morgan fingerprint density at radius 1 is 1.55 bits per heavy atom. The van der Waals surface area contributed by atoms with E-state index < -0.39 is 0 Å². The minimum absolute atomic E-state index is 0.0187. The minimum Gasteiger partial charge on any atom is -0.375 e. The second kappa shape index (κ2) is 6.81. The molecular formula is C13H22N4O3. The monoisotopic (exact) mass is 282 g/mol. The number of likely N-dealkylation sites (tertiary alicyclic amines) is 1. The van der Waals surface area contributed by atoms with Gasteiger partial charge in [0.2, 0.25) is 11.8 Å². The van der Waals surface area contributed by atoms with Gasteiger partial charge in [0.05, 0.1) is 12.5 Å². The second-order valence-corrected chi connectivity index (χ2v) is 5.40. The number of aromatic nitrogens is 2. The lowest BCUT2D eigenvalue weighted by Crippen LogP contribution is -2.40. The zero-order valence-corrected chi connectivity index (χ0v) is 12.3. The molecule has 0 spiro atoms. The van der Waals surface area contributed by atoms with Gasteiger partial charge in [-0.25, -0.2) is 0 Å². The first-order chi connectivity index (χ1) is 9.60. The molecule has 1 aromatic heterocycles. The first kappa shape index (κ1) is 14.9. The highest BCUT2D eigenvalue weighted by molar-refractivity contribution is 5.77. The molecule has 1 atom stereocenters. The maximum absolute atomic E-state index is 11.9. The molecule has 7 heteroatoms. The molecule has 1 aliphatic heterocycles. The van der Waals surface area contributed by atoms with E-state index in [-0.39, 0.29) is 18.4 Å². The first-order valence-electron chi connectivity index (χ1n) is 6.84. The van der Waals surface area contributed by atoms with Gasteiger partial charge in [-0.15, -0.1) is 0 Å². The van der Waals surface area contributed by atoms with Gasteiger partial charge in [0, 0.05) is 20.2 Å². The van der Waals surface area contributed by atoms with Crippen LogP contribution in [0.1, 0.15) is 30.5 Å². The summed E-state index contributed by atoms with van der Waals surface area (Å²) in [5, 5.41) is 3.98. The molecule has 112 valence electrons. The number of methoxy groups -OCH3 is 1. The summed E-state index contributed by atoms with van der Waals surface area (Å²) in [6.45, 7) is 2.19. The average Bonchev–Trinajstić information content (AvgIpc) is 2.87. The van der Waals surface area contributed by atoms with Gasteiger partial charge in [-0.05, 0) is 26.9 Å². The Labute approximate surface area is 118 Å². The topological polar surface area (TPSA) is 71.7 Å². The highest BCUT2D eigenvalue weighted by atomic mass is 16.5. The van der Waals surface area contributed by atoms with E-state index in [4.69, 9.17) is 9.26 Å². The molecule has 1 aromatic rings. The molecule has 1 saturated heterocycles. The maximum Gasteiger partial charge on any atom is 0.248 e. The summed E-state index contributed by atoms with van der Waals surface area (Å²) in [5.41, 5.74) is 0. The van der Waals surface area contributed by atoms with E-state index >= 15 is 0 Å². The first-order valence-corrected chi connectivity index (χ1v) is 6.84. The predicted octanol–water partition coefficient (Wildman–Crippen LogP) is 0.484. The Bertz CT molecular complexity index is 447. The van der Waals surface area contributed by atoms with Crippen molar-refractivity contribution in [2.24, 2.45) is 0 Å². The third-order valence-corrected chi connectivity index (χ3v) is 3.33. The molecule has 0 radical (unpaired) electrons. The van der Waals surface area contributed by atoms with Crippen molar-refractivity contribution in [1.82, 2.24) is 19.9 Å². The quantitative estimate of drug-likeness (QED) is 0.782. The van der Waals surface area contributed by atoms with Crippen LogP contribution in [0, 0.1) is 0 Å². The molecule has 1 aliphatic rings. The van der Waals surface area contributed by atoms with Crippen LogP contribution in [0.15, 0.2) is 4.52 Å². The average molecular weight is 282 g/mol. The van der Waals surface area contributed by atoms with Crippen molar-refractivity contribution >= 4 is 5.91 Å². The molecule has 1 fully saturated rings. The Kier molecular flexibility index (Phi) is 5.08. The predicted molar refractivity (Wildman–Crippen MR) is 72.1 cm³/mol. The molecule has 7 nitrogen and oxygen atoms in total. The van der Waals surface area contributed by atoms with E-state index in [1.54, 1.807) is 0 Å². The van der Waals surface area contributed by atoms with Gasteiger partial charge in [-0.1, -0.05) is 5.16 Å². The molecule has 20 heavy (non-hydrogen) atoms. The standard InChI is InChI=1S/C13H22N4O3/c1-16(2)8-11-14-13(20-15-11)10-5-4-6-17(7-10)12(18)9-19-3/h10H,4-9H2,1-3H3. The van der Waals surface area contributed by atoms with Crippen molar-refractivity contribution in [3.8, 4) is 0 Å². The number of nitrogens with zero attached hydrogens (tertiary/aromatic N) is 4. The van der Waals surface area contributed by atoms with Crippen molar-refractivity contribution in [3.63, 3.8) is 0 Å².